The molecule has 4 heterocycles. The number of H-pyrrole nitrogens is 1. The van der Waals surface area contributed by atoms with Gasteiger partial charge in [0.15, 0.2) is 5.82 Å². The minimum atomic E-state index is 0.739. The highest BCUT2D eigenvalue weighted by Gasteiger charge is 2.18. The third-order valence-electron chi connectivity index (χ3n) is 5.21. The minimum Gasteiger partial charge on any atom is -0.369 e. The van der Waals surface area contributed by atoms with E-state index in [0.29, 0.717) is 0 Å². The molecule has 0 saturated carbocycles. The zero-order valence-corrected chi connectivity index (χ0v) is 15.6. The highest BCUT2D eigenvalue weighted by atomic mass is 15.1. The molecule has 3 aromatic heterocycles. The van der Waals surface area contributed by atoms with Crippen LogP contribution in [0.2, 0.25) is 0 Å². The maximum atomic E-state index is 4.83. The first kappa shape index (κ1) is 16.9. The third-order valence-corrected chi connectivity index (χ3v) is 5.21. The molecule has 0 amide bonds. The van der Waals surface area contributed by atoms with Crippen molar-refractivity contribution in [3.8, 4) is 11.4 Å². The highest BCUT2D eigenvalue weighted by molar-refractivity contribution is 5.83. The van der Waals surface area contributed by atoms with Crippen LogP contribution in [0.15, 0.2) is 55.0 Å². The van der Waals surface area contributed by atoms with Gasteiger partial charge >= 0.3 is 0 Å². The maximum absolute atomic E-state index is 4.83. The molecule has 1 aromatic carbocycles. The molecule has 0 aliphatic carbocycles. The Morgan fingerprint density at radius 2 is 2.04 bits per heavy atom. The topological polar surface area (TPSA) is 78.5 Å². The van der Waals surface area contributed by atoms with Crippen molar-refractivity contribution < 1.29 is 0 Å². The molecule has 3 N–H and O–H groups in total. The number of nitrogens with one attached hydrogen (secondary N) is 3. The van der Waals surface area contributed by atoms with Gasteiger partial charge in [0.25, 0.3) is 0 Å². The van der Waals surface area contributed by atoms with Crippen molar-refractivity contribution in [2.75, 3.05) is 18.4 Å². The molecule has 140 valence electrons. The summed E-state index contributed by atoms with van der Waals surface area (Å²) in [5, 5.41) is 8.28. The fourth-order valence-corrected chi connectivity index (χ4v) is 3.77. The van der Waals surface area contributed by atoms with E-state index >= 15 is 0 Å². The lowest BCUT2D eigenvalue weighted by Crippen LogP contribution is -2.27. The number of para-hydroxylation sites is 1. The average Bonchev–Trinajstić information content (AvgIpc) is 3.17. The first-order chi connectivity index (χ1) is 13.9. The summed E-state index contributed by atoms with van der Waals surface area (Å²) in [4.78, 5) is 17.2. The zero-order chi connectivity index (χ0) is 18.8. The number of hydrogen-bond acceptors (Lipinski definition) is 5. The van der Waals surface area contributed by atoms with Crippen LogP contribution in [0.4, 0.5) is 5.82 Å². The molecular weight excluding hydrogens is 348 g/mol. The molecule has 0 bridgehead atoms. The van der Waals surface area contributed by atoms with Crippen molar-refractivity contribution in [1.82, 2.24) is 25.3 Å². The van der Waals surface area contributed by atoms with Gasteiger partial charge < -0.3 is 15.6 Å². The number of benzene rings is 1. The summed E-state index contributed by atoms with van der Waals surface area (Å²) in [6.45, 7) is 2.57. The van der Waals surface area contributed by atoms with Gasteiger partial charge in [0.2, 0.25) is 0 Å². The molecule has 0 fully saturated rings. The van der Waals surface area contributed by atoms with E-state index in [0.717, 1.165) is 55.4 Å². The number of aromatic nitrogens is 4. The second-order valence-corrected chi connectivity index (χ2v) is 7.03. The van der Waals surface area contributed by atoms with E-state index in [2.05, 4.69) is 51.1 Å². The maximum Gasteiger partial charge on any atom is 0.163 e. The van der Waals surface area contributed by atoms with Crippen LogP contribution in [-0.4, -0.2) is 33.0 Å². The first-order valence-electron chi connectivity index (χ1n) is 9.68. The van der Waals surface area contributed by atoms with Gasteiger partial charge in [-0.1, -0.05) is 18.2 Å². The quantitative estimate of drug-likeness (QED) is 0.502. The molecule has 0 unspecified atom stereocenters. The molecule has 0 atom stereocenters. The van der Waals surface area contributed by atoms with Gasteiger partial charge in [0.1, 0.15) is 5.82 Å². The molecule has 0 spiro atoms. The zero-order valence-electron chi connectivity index (χ0n) is 15.6. The molecular formula is C22H22N6. The lowest BCUT2D eigenvalue weighted by molar-refractivity contribution is 0.628. The van der Waals surface area contributed by atoms with E-state index in [9.17, 15) is 0 Å². The van der Waals surface area contributed by atoms with Crippen molar-refractivity contribution in [3.63, 3.8) is 0 Å². The Balaban J connectivity index is 1.40. The van der Waals surface area contributed by atoms with Gasteiger partial charge in [0.05, 0.1) is 5.69 Å². The molecule has 1 aliphatic heterocycles. The Morgan fingerprint density at radius 1 is 1.07 bits per heavy atom. The number of pyridine rings is 1. The van der Waals surface area contributed by atoms with Crippen LogP contribution in [0.3, 0.4) is 0 Å². The summed E-state index contributed by atoms with van der Waals surface area (Å²) >= 11 is 0. The van der Waals surface area contributed by atoms with E-state index in [-0.39, 0.29) is 0 Å². The second-order valence-electron chi connectivity index (χ2n) is 7.03. The summed E-state index contributed by atoms with van der Waals surface area (Å²) in [6, 6.07) is 12.3. The third kappa shape index (κ3) is 3.23. The van der Waals surface area contributed by atoms with Gasteiger partial charge in [-0.3, -0.25) is 4.98 Å². The van der Waals surface area contributed by atoms with Crippen molar-refractivity contribution >= 4 is 16.7 Å². The first-order valence-corrected chi connectivity index (χ1v) is 9.68. The number of fused-ring (bicyclic) bond motifs is 2. The van der Waals surface area contributed by atoms with Crippen molar-refractivity contribution in [3.05, 3.63) is 71.8 Å². The van der Waals surface area contributed by atoms with E-state index in [1.807, 2.05) is 18.3 Å². The lowest BCUT2D eigenvalue weighted by Gasteiger charge is -2.20. The molecule has 6 nitrogen and oxygen atoms in total. The Labute approximate surface area is 163 Å². The van der Waals surface area contributed by atoms with Gasteiger partial charge in [-0.05, 0) is 30.2 Å². The fraction of sp³-hybridized carbons (Fsp3) is 0.227. The Morgan fingerprint density at radius 3 is 2.96 bits per heavy atom. The summed E-state index contributed by atoms with van der Waals surface area (Å²) < 4.78 is 0. The molecule has 5 rings (SSSR count). The number of rotatable bonds is 5. The number of hydrogen-bond donors (Lipinski definition) is 3. The summed E-state index contributed by atoms with van der Waals surface area (Å²) in [5.41, 5.74) is 5.75. The Kier molecular flexibility index (Phi) is 4.47. The lowest BCUT2D eigenvalue weighted by atomic mass is 10.1. The van der Waals surface area contributed by atoms with Crippen molar-refractivity contribution in [2.45, 2.75) is 19.4 Å². The SMILES string of the molecule is c1cncc(-c2nc3c(c(NCCc4c[nH]c5ccccc45)n2)CNCC3)c1. The van der Waals surface area contributed by atoms with E-state index in [1.54, 1.807) is 6.20 Å². The minimum absolute atomic E-state index is 0.739. The van der Waals surface area contributed by atoms with Crippen molar-refractivity contribution in [2.24, 2.45) is 0 Å². The molecule has 1 aliphatic rings. The van der Waals surface area contributed by atoms with E-state index in [4.69, 9.17) is 9.97 Å². The molecule has 6 heteroatoms. The smallest absolute Gasteiger partial charge is 0.163 e. The summed E-state index contributed by atoms with van der Waals surface area (Å²) in [6.07, 6.45) is 7.54. The normalized spacial score (nSPS) is 13.4. The monoisotopic (exact) mass is 370 g/mol. The van der Waals surface area contributed by atoms with Crippen molar-refractivity contribution in [1.29, 1.82) is 0 Å². The van der Waals surface area contributed by atoms with E-state index < -0.39 is 0 Å². The molecule has 0 radical (unpaired) electrons. The average molecular weight is 370 g/mol. The van der Waals surface area contributed by atoms with Gasteiger partial charge in [-0.25, -0.2) is 9.97 Å². The molecule has 0 saturated heterocycles. The van der Waals surface area contributed by atoms with Crippen LogP contribution in [0.5, 0.6) is 0 Å². The Bertz CT molecular complexity index is 1100. The van der Waals surface area contributed by atoms with Gasteiger partial charge in [-0.15, -0.1) is 0 Å². The largest absolute Gasteiger partial charge is 0.369 e. The fourth-order valence-electron chi connectivity index (χ4n) is 3.77. The highest BCUT2D eigenvalue weighted by Crippen LogP contribution is 2.25. The molecule has 4 aromatic rings. The summed E-state index contributed by atoms with van der Waals surface area (Å²) in [5.74, 6) is 1.67. The van der Waals surface area contributed by atoms with E-state index in [1.165, 1.54) is 22.0 Å². The predicted molar refractivity (Wildman–Crippen MR) is 111 cm³/mol. The van der Waals surface area contributed by atoms with Gasteiger partial charge in [-0.2, -0.15) is 0 Å². The van der Waals surface area contributed by atoms with Crippen LogP contribution >= 0.6 is 0 Å². The molecule has 28 heavy (non-hydrogen) atoms. The Hall–Kier alpha value is -3.25. The van der Waals surface area contributed by atoms with Crippen LogP contribution in [0.25, 0.3) is 22.3 Å². The number of anilines is 1. The van der Waals surface area contributed by atoms with Gasteiger partial charge in [0, 0.05) is 66.7 Å². The van der Waals surface area contributed by atoms with Crippen LogP contribution in [-0.2, 0) is 19.4 Å². The summed E-state index contributed by atoms with van der Waals surface area (Å²) in [7, 11) is 0. The van der Waals surface area contributed by atoms with Crippen LogP contribution < -0.4 is 10.6 Å². The number of aromatic amines is 1. The number of nitrogens with zero attached hydrogens (tertiary/aromatic N) is 3. The second kappa shape index (κ2) is 7.40. The predicted octanol–water partition coefficient (Wildman–Crippen LogP) is 3.32. The van der Waals surface area contributed by atoms with Crippen LogP contribution in [0.1, 0.15) is 16.8 Å². The standard InChI is InChI=1S/C22H22N6/c1-2-6-19-17(5-1)15(13-26-19)7-11-25-22-18-14-24-10-8-20(18)27-21(28-22)16-4-3-9-23-12-16/h1-6,9,12-13,24,26H,7-8,10-11,14H2,(H,25,27,28). The van der Waals surface area contributed by atoms with Crippen LogP contribution in [0, 0.1) is 0 Å².